The van der Waals surface area contributed by atoms with Crippen molar-refractivity contribution in [1.29, 1.82) is 0 Å². The largest absolute Gasteiger partial charge is 0.416 e. The molecule has 0 aliphatic heterocycles. The maximum absolute atomic E-state index is 12.8. The van der Waals surface area contributed by atoms with Crippen LogP contribution in [-0.4, -0.2) is 17.9 Å². The number of primary amides is 1. The van der Waals surface area contributed by atoms with Crippen LogP contribution in [-0.2, 0) is 28.6 Å². The van der Waals surface area contributed by atoms with Crippen LogP contribution < -0.4 is 11.1 Å². The molecule has 0 bridgehead atoms. The molecular formula is C18H15Cl2F3N2O2. The van der Waals surface area contributed by atoms with E-state index in [1.54, 1.807) is 18.2 Å². The van der Waals surface area contributed by atoms with Crippen molar-refractivity contribution in [3.8, 4) is 0 Å². The minimum absolute atomic E-state index is 0.0395. The smallest absolute Gasteiger partial charge is 0.368 e. The van der Waals surface area contributed by atoms with Gasteiger partial charge in [-0.2, -0.15) is 13.2 Å². The summed E-state index contributed by atoms with van der Waals surface area (Å²) in [6, 6.07) is 8.05. The zero-order chi connectivity index (χ0) is 20.2. The Labute approximate surface area is 163 Å². The number of hydrogen-bond acceptors (Lipinski definition) is 2. The SMILES string of the molecule is NC(=O)[C@H](Cc1c(Cl)cccc1Cl)NC(=O)Cc1cccc(C(F)(F)F)c1. The second kappa shape index (κ2) is 8.63. The third kappa shape index (κ3) is 5.87. The van der Waals surface area contributed by atoms with Gasteiger partial charge in [-0.3, -0.25) is 9.59 Å². The van der Waals surface area contributed by atoms with Gasteiger partial charge in [-0.1, -0.05) is 47.5 Å². The van der Waals surface area contributed by atoms with Gasteiger partial charge in [0.15, 0.2) is 0 Å². The summed E-state index contributed by atoms with van der Waals surface area (Å²) in [5.74, 6) is -1.47. The van der Waals surface area contributed by atoms with Crippen LogP contribution in [0.5, 0.6) is 0 Å². The number of carbonyl (C=O) groups is 2. The van der Waals surface area contributed by atoms with E-state index in [9.17, 15) is 22.8 Å². The molecule has 0 spiro atoms. The van der Waals surface area contributed by atoms with Gasteiger partial charge in [-0.25, -0.2) is 0 Å². The van der Waals surface area contributed by atoms with Crippen LogP contribution in [0.3, 0.4) is 0 Å². The van der Waals surface area contributed by atoms with E-state index in [0.29, 0.717) is 15.6 Å². The molecule has 0 radical (unpaired) electrons. The molecule has 0 aliphatic rings. The quantitative estimate of drug-likeness (QED) is 0.749. The van der Waals surface area contributed by atoms with Crippen molar-refractivity contribution in [1.82, 2.24) is 5.32 Å². The minimum atomic E-state index is -4.51. The molecule has 2 rings (SSSR count). The molecule has 0 fully saturated rings. The van der Waals surface area contributed by atoms with Crippen LogP contribution in [0.1, 0.15) is 16.7 Å². The topological polar surface area (TPSA) is 72.2 Å². The van der Waals surface area contributed by atoms with E-state index in [1.165, 1.54) is 12.1 Å². The van der Waals surface area contributed by atoms with E-state index in [4.69, 9.17) is 28.9 Å². The van der Waals surface area contributed by atoms with Gasteiger partial charge in [0.25, 0.3) is 0 Å². The molecule has 0 saturated heterocycles. The molecule has 27 heavy (non-hydrogen) atoms. The fourth-order valence-corrected chi connectivity index (χ4v) is 2.99. The first-order valence-corrected chi connectivity index (χ1v) is 8.51. The minimum Gasteiger partial charge on any atom is -0.368 e. The molecule has 9 heteroatoms. The van der Waals surface area contributed by atoms with Crippen molar-refractivity contribution in [3.05, 3.63) is 69.2 Å². The predicted molar refractivity (Wildman–Crippen MR) is 96.4 cm³/mol. The van der Waals surface area contributed by atoms with Gasteiger partial charge in [-0.15, -0.1) is 0 Å². The molecule has 144 valence electrons. The number of benzene rings is 2. The fourth-order valence-electron chi connectivity index (χ4n) is 2.44. The Balaban J connectivity index is 2.11. The first-order chi connectivity index (χ1) is 12.6. The Hall–Kier alpha value is -2.25. The lowest BCUT2D eigenvalue weighted by atomic mass is 10.0. The number of carbonyl (C=O) groups excluding carboxylic acids is 2. The lowest BCUT2D eigenvalue weighted by Crippen LogP contribution is -2.46. The van der Waals surface area contributed by atoms with E-state index in [2.05, 4.69) is 5.32 Å². The van der Waals surface area contributed by atoms with Crippen molar-refractivity contribution >= 4 is 35.0 Å². The summed E-state index contributed by atoms with van der Waals surface area (Å²) in [7, 11) is 0. The number of alkyl halides is 3. The number of amides is 2. The van der Waals surface area contributed by atoms with Gasteiger partial charge in [0.2, 0.25) is 11.8 Å². The predicted octanol–water partition coefficient (Wildman–Crippen LogP) is 3.77. The third-order valence-electron chi connectivity index (χ3n) is 3.77. The maximum atomic E-state index is 12.8. The standard InChI is InChI=1S/C18H15Cl2F3N2O2/c19-13-5-2-6-14(20)12(13)9-15(17(24)27)25-16(26)8-10-3-1-4-11(7-10)18(21,22)23/h1-7,15H,8-9H2,(H2,24,27)(H,25,26)/t15-/m0/s1. The van der Waals surface area contributed by atoms with Crippen LogP contribution >= 0.6 is 23.2 Å². The van der Waals surface area contributed by atoms with Crippen LogP contribution in [0.15, 0.2) is 42.5 Å². The fraction of sp³-hybridized carbons (Fsp3) is 0.222. The Morgan fingerprint density at radius 3 is 2.22 bits per heavy atom. The van der Waals surface area contributed by atoms with Gasteiger partial charge < -0.3 is 11.1 Å². The second-order valence-electron chi connectivity index (χ2n) is 5.80. The lowest BCUT2D eigenvalue weighted by molar-refractivity contribution is -0.137. The van der Waals surface area contributed by atoms with Crippen molar-refractivity contribution in [3.63, 3.8) is 0 Å². The molecule has 0 heterocycles. The number of halogens is 5. The van der Waals surface area contributed by atoms with E-state index in [0.717, 1.165) is 12.1 Å². The summed E-state index contributed by atoms with van der Waals surface area (Å²) in [6.07, 6.45) is -4.89. The highest BCUT2D eigenvalue weighted by atomic mass is 35.5. The first kappa shape index (κ1) is 21.1. The monoisotopic (exact) mass is 418 g/mol. The number of hydrogen-bond donors (Lipinski definition) is 2. The highest BCUT2D eigenvalue weighted by Crippen LogP contribution is 2.29. The summed E-state index contributed by atoms with van der Waals surface area (Å²) in [6.45, 7) is 0. The first-order valence-electron chi connectivity index (χ1n) is 7.75. The molecule has 3 N–H and O–H groups in total. The molecule has 2 aromatic rings. The molecule has 2 amide bonds. The van der Waals surface area contributed by atoms with Gasteiger partial charge in [0.05, 0.1) is 12.0 Å². The van der Waals surface area contributed by atoms with Gasteiger partial charge in [0, 0.05) is 16.5 Å². The van der Waals surface area contributed by atoms with Crippen LogP contribution in [0.4, 0.5) is 13.2 Å². The highest BCUT2D eigenvalue weighted by molar-refractivity contribution is 6.36. The number of nitrogens with two attached hydrogens (primary N) is 1. The van der Waals surface area contributed by atoms with Crippen molar-refractivity contribution in [2.45, 2.75) is 25.1 Å². The van der Waals surface area contributed by atoms with Crippen molar-refractivity contribution in [2.75, 3.05) is 0 Å². The maximum Gasteiger partial charge on any atom is 0.416 e. The van der Waals surface area contributed by atoms with Gasteiger partial charge >= 0.3 is 6.18 Å². The zero-order valence-corrected chi connectivity index (χ0v) is 15.3. The molecule has 4 nitrogen and oxygen atoms in total. The molecule has 2 aromatic carbocycles. The van der Waals surface area contributed by atoms with E-state index in [1.807, 2.05) is 0 Å². The summed E-state index contributed by atoms with van der Waals surface area (Å²) >= 11 is 12.1. The number of nitrogens with one attached hydrogen (secondary N) is 1. The molecule has 0 unspecified atom stereocenters. The van der Waals surface area contributed by atoms with Gasteiger partial charge in [0.1, 0.15) is 6.04 Å². The van der Waals surface area contributed by atoms with Crippen LogP contribution in [0.25, 0.3) is 0 Å². The zero-order valence-electron chi connectivity index (χ0n) is 13.8. The Morgan fingerprint density at radius 2 is 1.67 bits per heavy atom. The Kier molecular flexibility index (Phi) is 6.73. The summed E-state index contributed by atoms with van der Waals surface area (Å²) in [5.41, 5.74) is 5.05. The van der Waals surface area contributed by atoms with E-state index in [-0.39, 0.29) is 18.4 Å². The van der Waals surface area contributed by atoms with Gasteiger partial charge in [-0.05, 0) is 29.3 Å². The van der Waals surface area contributed by atoms with Crippen LogP contribution in [0.2, 0.25) is 10.0 Å². The average molecular weight is 419 g/mol. The van der Waals surface area contributed by atoms with E-state index < -0.39 is 29.6 Å². The highest BCUT2D eigenvalue weighted by Gasteiger charge is 2.30. The van der Waals surface area contributed by atoms with E-state index >= 15 is 0 Å². The molecular weight excluding hydrogens is 404 g/mol. The summed E-state index contributed by atoms with van der Waals surface area (Å²) in [5, 5.41) is 3.03. The Morgan fingerprint density at radius 1 is 1.07 bits per heavy atom. The third-order valence-corrected chi connectivity index (χ3v) is 4.48. The van der Waals surface area contributed by atoms with Crippen LogP contribution in [0, 0.1) is 0 Å². The lowest BCUT2D eigenvalue weighted by Gasteiger charge is -2.17. The molecule has 0 aliphatic carbocycles. The average Bonchev–Trinajstić information content (AvgIpc) is 2.56. The molecule has 0 aromatic heterocycles. The van der Waals surface area contributed by atoms with Crippen molar-refractivity contribution in [2.24, 2.45) is 5.73 Å². The normalized spacial score (nSPS) is 12.5. The molecule has 1 atom stereocenters. The summed E-state index contributed by atoms with van der Waals surface area (Å²) < 4.78 is 38.3. The number of rotatable bonds is 6. The Bertz CT molecular complexity index is 836. The van der Waals surface area contributed by atoms with Crippen molar-refractivity contribution < 1.29 is 22.8 Å². The second-order valence-corrected chi connectivity index (χ2v) is 6.62. The summed E-state index contributed by atoms with van der Waals surface area (Å²) in [4.78, 5) is 23.9. The molecule has 0 saturated carbocycles.